The van der Waals surface area contributed by atoms with Gasteiger partial charge < -0.3 is 20.9 Å². The number of rotatable bonds is 7. The van der Waals surface area contributed by atoms with Gasteiger partial charge in [-0.1, -0.05) is 29.3 Å². The van der Waals surface area contributed by atoms with Gasteiger partial charge >= 0.3 is 0 Å². The van der Waals surface area contributed by atoms with Crippen LogP contribution in [0.5, 0.6) is 0 Å². The molecule has 0 aromatic heterocycles. The first kappa shape index (κ1) is 20.3. The molecule has 0 amide bonds. The number of guanidine groups is 1. The van der Waals surface area contributed by atoms with E-state index < -0.39 is 0 Å². The van der Waals surface area contributed by atoms with Crippen molar-refractivity contribution < 1.29 is 0 Å². The molecule has 1 fully saturated rings. The Morgan fingerprint density at radius 3 is 2.64 bits per heavy atom. The molecule has 1 aliphatic rings. The molecule has 25 heavy (non-hydrogen) atoms. The quantitative estimate of drug-likeness (QED) is 0.430. The summed E-state index contributed by atoms with van der Waals surface area (Å²) in [5.41, 5.74) is 6.94. The van der Waals surface area contributed by atoms with Gasteiger partial charge in [0, 0.05) is 42.8 Å². The van der Waals surface area contributed by atoms with E-state index in [1.165, 1.54) is 26.2 Å². The largest absolute Gasteiger partial charge is 0.370 e. The molecule has 1 saturated heterocycles. The fourth-order valence-corrected chi connectivity index (χ4v) is 3.49. The second-order valence-electron chi connectivity index (χ2n) is 6.65. The normalized spacial score (nSPS) is 18.3. The number of nitrogens with zero attached hydrogens (tertiary/aromatic N) is 3. The van der Waals surface area contributed by atoms with Crippen molar-refractivity contribution in [3.63, 3.8) is 0 Å². The average molecular weight is 386 g/mol. The third kappa shape index (κ3) is 7.02. The molecule has 7 heteroatoms. The number of aliphatic imine (C=N–C) groups is 1. The molecule has 1 heterocycles. The van der Waals surface area contributed by atoms with Crippen molar-refractivity contribution in [2.24, 2.45) is 10.7 Å². The molecule has 1 aromatic carbocycles. The number of likely N-dealkylation sites (N-methyl/N-ethyl adjacent to an activating group) is 1. The minimum atomic E-state index is -0.0149. The highest BCUT2D eigenvalue weighted by atomic mass is 35.5. The van der Waals surface area contributed by atoms with Crippen molar-refractivity contribution in [1.82, 2.24) is 15.1 Å². The molecular weight excluding hydrogens is 357 g/mol. The van der Waals surface area contributed by atoms with Crippen molar-refractivity contribution in [3.05, 3.63) is 33.8 Å². The summed E-state index contributed by atoms with van der Waals surface area (Å²) in [6, 6.07) is 5.46. The number of hydrogen-bond acceptors (Lipinski definition) is 3. The molecule has 0 bridgehead atoms. The van der Waals surface area contributed by atoms with Gasteiger partial charge in [0.15, 0.2) is 5.96 Å². The lowest BCUT2D eigenvalue weighted by atomic mass is 10.1. The van der Waals surface area contributed by atoms with Crippen LogP contribution in [0.1, 0.15) is 31.4 Å². The zero-order chi connectivity index (χ0) is 18.2. The predicted molar refractivity (Wildman–Crippen MR) is 108 cm³/mol. The van der Waals surface area contributed by atoms with Gasteiger partial charge in [0.2, 0.25) is 0 Å². The van der Waals surface area contributed by atoms with Crippen molar-refractivity contribution in [2.45, 2.75) is 25.8 Å². The maximum Gasteiger partial charge on any atom is 0.189 e. The summed E-state index contributed by atoms with van der Waals surface area (Å²) in [7, 11) is 2.18. The van der Waals surface area contributed by atoms with Crippen LogP contribution in [0.4, 0.5) is 0 Å². The van der Waals surface area contributed by atoms with E-state index in [1.807, 2.05) is 19.1 Å². The number of unbranched alkanes of at least 4 members (excludes halogenated alkanes) is 1. The molecule has 0 spiro atoms. The second-order valence-corrected chi connectivity index (χ2v) is 7.49. The van der Waals surface area contributed by atoms with Crippen molar-refractivity contribution in [1.29, 1.82) is 0 Å². The smallest absolute Gasteiger partial charge is 0.189 e. The molecule has 3 N–H and O–H groups in total. The van der Waals surface area contributed by atoms with Crippen molar-refractivity contribution >= 4 is 29.2 Å². The molecule has 0 radical (unpaired) electrons. The SMILES string of the molecule is CC(NC(N)=NCCCCN1CCN(C)CC1)c1ccc(Cl)cc1Cl. The summed E-state index contributed by atoms with van der Waals surface area (Å²) in [5, 5.41) is 4.45. The molecule has 2 rings (SSSR count). The molecule has 1 aromatic rings. The number of piperazine rings is 1. The molecule has 1 atom stereocenters. The van der Waals surface area contributed by atoms with E-state index >= 15 is 0 Å². The third-order valence-electron chi connectivity index (χ3n) is 4.55. The summed E-state index contributed by atoms with van der Waals surface area (Å²) in [4.78, 5) is 9.32. The molecule has 0 aliphatic carbocycles. The molecule has 1 unspecified atom stereocenters. The van der Waals surface area contributed by atoms with Crippen LogP contribution in [0.15, 0.2) is 23.2 Å². The number of hydrogen-bond donors (Lipinski definition) is 2. The maximum absolute atomic E-state index is 6.22. The highest BCUT2D eigenvalue weighted by Crippen LogP contribution is 2.25. The minimum Gasteiger partial charge on any atom is -0.370 e. The highest BCUT2D eigenvalue weighted by Gasteiger charge is 2.13. The Hall–Kier alpha value is -1.01. The van der Waals surface area contributed by atoms with Gasteiger partial charge in [0.1, 0.15) is 0 Å². The third-order valence-corrected chi connectivity index (χ3v) is 5.12. The van der Waals surface area contributed by atoms with Crippen LogP contribution >= 0.6 is 23.2 Å². The van der Waals surface area contributed by atoms with Crippen molar-refractivity contribution in [2.75, 3.05) is 46.3 Å². The first-order valence-corrected chi connectivity index (χ1v) is 9.63. The van der Waals surface area contributed by atoms with E-state index in [0.717, 1.165) is 31.5 Å². The molecule has 1 aliphatic heterocycles. The fraction of sp³-hybridized carbons (Fsp3) is 0.611. The fourth-order valence-electron chi connectivity index (χ4n) is 2.92. The average Bonchev–Trinajstić information content (AvgIpc) is 2.56. The number of halogens is 2. The van der Waals surface area contributed by atoms with Gasteiger partial charge in [0.25, 0.3) is 0 Å². The van der Waals surface area contributed by atoms with Gasteiger partial charge in [-0.05, 0) is 51.1 Å². The second kappa shape index (κ2) is 10.2. The summed E-state index contributed by atoms with van der Waals surface area (Å²) < 4.78 is 0. The molecule has 140 valence electrons. The lowest BCUT2D eigenvalue weighted by Gasteiger charge is -2.32. The van der Waals surface area contributed by atoms with Crippen LogP contribution in [0.2, 0.25) is 10.0 Å². The number of nitrogens with one attached hydrogen (secondary N) is 1. The van der Waals surface area contributed by atoms with Crippen molar-refractivity contribution in [3.8, 4) is 0 Å². The Bertz CT molecular complexity index is 571. The van der Waals surface area contributed by atoms with E-state index in [2.05, 4.69) is 27.2 Å². The zero-order valence-electron chi connectivity index (χ0n) is 15.1. The van der Waals surface area contributed by atoms with Gasteiger partial charge in [-0.15, -0.1) is 0 Å². The summed E-state index contributed by atoms with van der Waals surface area (Å²) in [5.74, 6) is 0.457. The zero-order valence-corrected chi connectivity index (χ0v) is 16.7. The van der Waals surface area contributed by atoms with Crippen LogP contribution in [0, 0.1) is 0 Å². The number of nitrogens with two attached hydrogens (primary N) is 1. The predicted octanol–water partition coefficient (Wildman–Crippen LogP) is 2.99. The van der Waals surface area contributed by atoms with Gasteiger partial charge in [0.05, 0.1) is 6.04 Å². The molecule has 5 nitrogen and oxygen atoms in total. The Morgan fingerprint density at radius 2 is 1.96 bits per heavy atom. The Labute approximate surface area is 161 Å². The Balaban J connectivity index is 1.67. The van der Waals surface area contributed by atoms with E-state index in [1.54, 1.807) is 6.07 Å². The lowest BCUT2D eigenvalue weighted by Crippen LogP contribution is -2.44. The summed E-state index contributed by atoms with van der Waals surface area (Å²) >= 11 is 12.2. The maximum atomic E-state index is 6.22. The highest BCUT2D eigenvalue weighted by molar-refractivity contribution is 6.35. The van der Waals surface area contributed by atoms with Crippen LogP contribution in [-0.4, -0.2) is 62.1 Å². The van der Waals surface area contributed by atoms with E-state index in [0.29, 0.717) is 16.0 Å². The van der Waals surface area contributed by atoms with Gasteiger partial charge in [-0.2, -0.15) is 0 Å². The van der Waals surface area contributed by atoms with E-state index in [-0.39, 0.29) is 6.04 Å². The van der Waals surface area contributed by atoms with E-state index in [9.17, 15) is 0 Å². The standard InChI is InChI=1S/C18H29Cl2N5/c1-14(16-6-5-15(19)13-17(16)20)23-18(21)22-7-3-4-8-25-11-9-24(2)10-12-25/h5-6,13-14H,3-4,7-12H2,1-2H3,(H3,21,22,23). The van der Waals surface area contributed by atoms with Gasteiger partial charge in [-0.3, -0.25) is 4.99 Å². The summed E-state index contributed by atoms with van der Waals surface area (Å²) in [6.07, 6.45) is 2.20. The topological polar surface area (TPSA) is 56.9 Å². The van der Waals surface area contributed by atoms with E-state index in [4.69, 9.17) is 28.9 Å². The van der Waals surface area contributed by atoms with Crippen LogP contribution in [0.25, 0.3) is 0 Å². The minimum absolute atomic E-state index is 0.0149. The monoisotopic (exact) mass is 385 g/mol. The Kier molecular flexibility index (Phi) is 8.30. The Morgan fingerprint density at radius 1 is 1.24 bits per heavy atom. The molecular formula is C18H29Cl2N5. The first-order chi connectivity index (χ1) is 12.0. The molecule has 0 saturated carbocycles. The first-order valence-electron chi connectivity index (χ1n) is 8.88. The van der Waals surface area contributed by atoms with Gasteiger partial charge in [-0.25, -0.2) is 0 Å². The van der Waals surface area contributed by atoms with Crippen LogP contribution in [-0.2, 0) is 0 Å². The number of benzene rings is 1. The summed E-state index contributed by atoms with van der Waals surface area (Å²) in [6.45, 7) is 8.57. The lowest BCUT2D eigenvalue weighted by molar-refractivity contribution is 0.152. The van der Waals surface area contributed by atoms with Crippen LogP contribution in [0.3, 0.4) is 0 Å². The van der Waals surface area contributed by atoms with Crippen LogP contribution < -0.4 is 11.1 Å².